The third-order valence-electron chi connectivity index (χ3n) is 2.54. The SMILES string of the molecule is C#CCN(c1cc(C(=O)O)ccn1)C1CC1. The molecule has 82 valence electrons. The Morgan fingerprint density at radius 2 is 2.44 bits per heavy atom. The first-order chi connectivity index (χ1) is 7.72. The number of aromatic nitrogens is 1. The Bertz CT molecular complexity index is 447. The highest BCUT2D eigenvalue weighted by Gasteiger charge is 2.29. The highest BCUT2D eigenvalue weighted by molar-refractivity contribution is 5.88. The summed E-state index contributed by atoms with van der Waals surface area (Å²) >= 11 is 0. The van der Waals surface area contributed by atoms with Crippen LogP contribution >= 0.6 is 0 Å². The molecule has 0 unspecified atom stereocenters. The molecule has 1 heterocycles. The second-order valence-corrected chi connectivity index (χ2v) is 3.77. The molecule has 0 spiro atoms. The van der Waals surface area contributed by atoms with Gasteiger partial charge in [0, 0.05) is 12.2 Å². The van der Waals surface area contributed by atoms with Crippen LogP contribution in [-0.4, -0.2) is 28.6 Å². The molecular formula is C12H12N2O2. The average molecular weight is 216 g/mol. The van der Waals surface area contributed by atoms with Crippen molar-refractivity contribution in [2.75, 3.05) is 11.4 Å². The first-order valence-corrected chi connectivity index (χ1v) is 5.12. The fourth-order valence-corrected chi connectivity index (χ4v) is 1.59. The summed E-state index contributed by atoms with van der Waals surface area (Å²) in [6, 6.07) is 3.47. The first-order valence-electron chi connectivity index (χ1n) is 5.12. The minimum Gasteiger partial charge on any atom is -0.478 e. The predicted octanol–water partition coefficient (Wildman–Crippen LogP) is 1.38. The Kier molecular flexibility index (Phi) is 2.78. The highest BCUT2D eigenvalue weighted by Crippen LogP contribution is 2.30. The summed E-state index contributed by atoms with van der Waals surface area (Å²) in [6.07, 6.45) is 8.99. The summed E-state index contributed by atoms with van der Waals surface area (Å²) < 4.78 is 0. The topological polar surface area (TPSA) is 53.4 Å². The van der Waals surface area contributed by atoms with Gasteiger partial charge in [0.2, 0.25) is 0 Å². The Morgan fingerprint density at radius 3 is 3.00 bits per heavy atom. The summed E-state index contributed by atoms with van der Waals surface area (Å²) in [5, 5.41) is 8.89. The number of terminal acetylenes is 1. The molecule has 1 aromatic rings. The van der Waals surface area contributed by atoms with E-state index in [1.165, 1.54) is 12.3 Å². The van der Waals surface area contributed by atoms with Crippen LogP contribution < -0.4 is 4.90 Å². The number of rotatable bonds is 4. The van der Waals surface area contributed by atoms with Crippen LogP contribution in [0.1, 0.15) is 23.2 Å². The van der Waals surface area contributed by atoms with E-state index in [9.17, 15) is 4.79 Å². The van der Waals surface area contributed by atoms with Crippen LogP contribution in [0.3, 0.4) is 0 Å². The zero-order valence-electron chi connectivity index (χ0n) is 8.76. The number of anilines is 1. The number of carboxylic acid groups (broad SMARTS) is 1. The zero-order valence-corrected chi connectivity index (χ0v) is 8.76. The molecule has 2 rings (SSSR count). The fourth-order valence-electron chi connectivity index (χ4n) is 1.59. The van der Waals surface area contributed by atoms with Gasteiger partial charge in [0.05, 0.1) is 12.1 Å². The fraction of sp³-hybridized carbons (Fsp3) is 0.333. The maximum atomic E-state index is 10.8. The zero-order chi connectivity index (χ0) is 11.5. The second kappa shape index (κ2) is 4.23. The maximum Gasteiger partial charge on any atom is 0.335 e. The molecule has 0 aliphatic heterocycles. The van der Waals surface area contributed by atoms with Crippen molar-refractivity contribution in [2.24, 2.45) is 0 Å². The molecule has 1 N–H and O–H groups in total. The van der Waals surface area contributed by atoms with Gasteiger partial charge >= 0.3 is 5.97 Å². The van der Waals surface area contributed by atoms with Crippen molar-refractivity contribution >= 4 is 11.8 Å². The summed E-state index contributed by atoms with van der Waals surface area (Å²) in [4.78, 5) is 17.0. The Labute approximate surface area is 93.9 Å². The van der Waals surface area contributed by atoms with Gasteiger partial charge in [-0.3, -0.25) is 0 Å². The minimum absolute atomic E-state index is 0.243. The summed E-state index contributed by atoms with van der Waals surface area (Å²) in [5.41, 5.74) is 0.243. The van der Waals surface area contributed by atoms with Gasteiger partial charge in [-0.05, 0) is 25.0 Å². The maximum absolute atomic E-state index is 10.8. The van der Waals surface area contributed by atoms with E-state index in [1.807, 2.05) is 4.90 Å². The van der Waals surface area contributed by atoms with Gasteiger partial charge in [-0.2, -0.15) is 0 Å². The van der Waals surface area contributed by atoms with E-state index in [1.54, 1.807) is 6.07 Å². The van der Waals surface area contributed by atoms with Crippen molar-refractivity contribution in [1.29, 1.82) is 0 Å². The minimum atomic E-state index is -0.944. The second-order valence-electron chi connectivity index (χ2n) is 3.77. The lowest BCUT2D eigenvalue weighted by Gasteiger charge is -2.20. The largest absolute Gasteiger partial charge is 0.478 e. The number of carbonyl (C=O) groups is 1. The quantitative estimate of drug-likeness (QED) is 0.772. The molecule has 0 atom stereocenters. The number of aromatic carboxylic acids is 1. The number of hydrogen-bond acceptors (Lipinski definition) is 3. The lowest BCUT2D eigenvalue weighted by atomic mass is 10.2. The van der Waals surface area contributed by atoms with E-state index in [0.717, 1.165) is 12.8 Å². The lowest BCUT2D eigenvalue weighted by molar-refractivity contribution is 0.0697. The molecule has 16 heavy (non-hydrogen) atoms. The van der Waals surface area contributed by atoms with Crippen molar-refractivity contribution < 1.29 is 9.90 Å². The molecule has 0 bridgehead atoms. The lowest BCUT2D eigenvalue weighted by Crippen LogP contribution is -2.27. The molecule has 0 saturated heterocycles. The van der Waals surface area contributed by atoms with Crippen LogP contribution in [-0.2, 0) is 0 Å². The standard InChI is InChI=1S/C12H12N2O2/c1-2-7-14(10-3-4-10)11-8-9(12(15)16)5-6-13-11/h1,5-6,8,10H,3-4,7H2,(H,15,16). The number of carboxylic acids is 1. The normalized spacial score (nSPS) is 14.2. The summed E-state index contributed by atoms with van der Waals surface area (Å²) in [7, 11) is 0. The summed E-state index contributed by atoms with van der Waals surface area (Å²) in [5.74, 6) is 2.28. The van der Waals surface area contributed by atoms with E-state index >= 15 is 0 Å². The number of nitrogens with zero attached hydrogens (tertiary/aromatic N) is 2. The third kappa shape index (κ3) is 2.14. The van der Waals surface area contributed by atoms with Gasteiger partial charge in [0.1, 0.15) is 5.82 Å². The van der Waals surface area contributed by atoms with Crippen LogP contribution in [0.4, 0.5) is 5.82 Å². The number of hydrogen-bond donors (Lipinski definition) is 1. The smallest absolute Gasteiger partial charge is 0.335 e. The van der Waals surface area contributed by atoms with Crippen molar-refractivity contribution in [1.82, 2.24) is 4.98 Å². The van der Waals surface area contributed by atoms with Crippen LogP contribution in [0.25, 0.3) is 0 Å². The highest BCUT2D eigenvalue weighted by atomic mass is 16.4. The Hall–Kier alpha value is -2.02. The van der Waals surface area contributed by atoms with Crippen LogP contribution in [0.15, 0.2) is 18.3 Å². The number of pyridine rings is 1. The van der Waals surface area contributed by atoms with Gasteiger partial charge in [-0.1, -0.05) is 5.92 Å². The van der Waals surface area contributed by atoms with Gasteiger partial charge in [-0.25, -0.2) is 9.78 Å². The summed E-state index contributed by atoms with van der Waals surface area (Å²) in [6.45, 7) is 0.473. The molecule has 1 saturated carbocycles. The molecule has 1 aliphatic rings. The van der Waals surface area contributed by atoms with E-state index in [0.29, 0.717) is 18.4 Å². The van der Waals surface area contributed by atoms with Gasteiger partial charge in [0.25, 0.3) is 0 Å². The van der Waals surface area contributed by atoms with Gasteiger partial charge < -0.3 is 10.0 Å². The predicted molar refractivity (Wildman–Crippen MR) is 60.4 cm³/mol. The van der Waals surface area contributed by atoms with E-state index < -0.39 is 5.97 Å². The first kappa shape index (κ1) is 10.5. The van der Waals surface area contributed by atoms with Crippen LogP contribution in [0.5, 0.6) is 0 Å². The van der Waals surface area contributed by atoms with Crippen molar-refractivity contribution in [3.63, 3.8) is 0 Å². The van der Waals surface area contributed by atoms with Crippen molar-refractivity contribution in [3.8, 4) is 12.3 Å². The van der Waals surface area contributed by atoms with E-state index in [2.05, 4.69) is 10.9 Å². The van der Waals surface area contributed by atoms with Crippen LogP contribution in [0, 0.1) is 12.3 Å². The molecule has 1 fully saturated rings. The van der Waals surface area contributed by atoms with Crippen molar-refractivity contribution in [2.45, 2.75) is 18.9 Å². The van der Waals surface area contributed by atoms with E-state index in [4.69, 9.17) is 11.5 Å². The molecule has 0 radical (unpaired) electrons. The van der Waals surface area contributed by atoms with Gasteiger partial charge in [-0.15, -0.1) is 6.42 Å². The third-order valence-corrected chi connectivity index (χ3v) is 2.54. The Balaban J connectivity index is 2.27. The molecule has 4 heteroatoms. The van der Waals surface area contributed by atoms with Crippen LogP contribution in [0.2, 0.25) is 0 Å². The molecule has 0 amide bonds. The molecule has 0 aromatic carbocycles. The monoisotopic (exact) mass is 216 g/mol. The molecule has 1 aromatic heterocycles. The van der Waals surface area contributed by atoms with E-state index in [-0.39, 0.29) is 5.56 Å². The molecule has 1 aliphatic carbocycles. The molecule has 4 nitrogen and oxygen atoms in total. The molecular weight excluding hydrogens is 204 g/mol. The van der Waals surface area contributed by atoms with Crippen molar-refractivity contribution in [3.05, 3.63) is 23.9 Å². The van der Waals surface area contributed by atoms with Gasteiger partial charge in [0.15, 0.2) is 0 Å². The Morgan fingerprint density at radius 1 is 1.69 bits per heavy atom. The average Bonchev–Trinajstić information content (AvgIpc) is 3.10.